The van der Waals surface area contributed by atoms with Crippen molar-refractivity contribution in [2.45, 2.75) is 25.8 Å². The maximum Gasteiger partial charge on any atom is 0.308 e. The molecule has 2 rings (SSSR count). The molecule has 0 aromatic carbocycles. The highest BCUT2D eigenvalue weighted by Gasteiger charge is 2.25. The van der Waals surface area contributed by atoms with Crippen molar-refractivity contribution in [3.63, 3.8) is 0 Å². The number of carbonyl (C=O) groups is 2. The number of aliphatic carboxylic acids is 1. The number of amides is 1. The molecule has 1 saturated carbocycles. The Morgan fingerprint density at radius 3 is 2.94 bits per heavy atom. The molecule has 2 N–H and O–H groups in total. The zero-order chi connectivity index (χ0) is 12.4. The van der Waals surface area contributed by atoms with Crippen molar-refractivity contribution in [1.82, 2.24) is 15.1 Å². The Labute approximate surface area is 98.6 Å². The summed E-state index contributed by atoms with van der Waals surface area (Å²) in [4.78, 5) is 22.3. The fourth-order valence-electron chi connectivity index (χ4n) is 1.43. The van der Waals surface area contributed by atoms with Gasteiger partial charge >= 0.3 is 5.97 Å². The minimum absolute atomic E-state index is 0.128. The molecule has 1 atom stereocenters. The fourth-order valence-corrected chi connectivity index (χ4v) is 1.43. The van der Waals surface area contributed by atoms with E-state index in [4.69, 9.17) is 5.11 Å². The minimum Gasteiger partial charge on any atom is -0.481 e. The van der Waals surface area contributed by atoms with Gasteiger partial charge in [0.25, 0.3) is 5.91 Å². The Morgan fingerprint density at radius 2 is 2.35 bits per heavy atom. The molecule has 1 unspecified atom stereocenters. The molecule has 1 aromatic rings. The number of hydrogen-bond donors (Lipinski definition) is 2. The van der Waals surface area contributed by atoms with Gasteiger partial charge in [-0.3, -0.25) is 14.3 Å². The van der Waals surface area contributed by atoms with E-state index in [1.165, 1.54) is 6.20 Å². The van der Waals surface area contributed by atoms with Gasteiger partial charge in [-0.05, 0) is 12.8 Å². The monoisotopic (exact) mass is 237 g/mol. The van der Waals surface area contributed by atoms with Crippen LogP contribution in [0, 0.1) is 5.92 Å². The van der Waals surface area contributed by atoms with Gasteiger partial charge in [-0.1, -0.05) is 6.92 Å². The predicted octanol–water partition coefficient (Wildman–Crippen LogP) is 0.668. The summed E-state index contributed by atoms with van der Waals surface area (Å²) in [5, 5.41) is 15.4. The molecule has 17 heavy (non-hydrogen) atoms. The molecule has 1 fully saturated rings. The van der Waals surface area contributed by atoms with Crippen LogP contribution in [0.4, 0.5) is 0 Å². The molecule has 1 heterocycles. The summed E-state index contributed by atoms with van der Waals surface area (Å²) >= 11 is 0. The van der Waals surface area contributed by atoms with E-state index in [0.717, 1.165) is 12.8 Å². The van der Waals surface area contributed by atoms with Gasteiger partial charge in [0.15, 0.2) is 0 Å². The highest BCUT2D eigenvalue weighted by Crippen LogP contribution is 2.33. The Kier molecular flexibility index (Phi) is 3.12. The molecule has 1 aliphatic rings. The van der Waals surface area contributed by atoms with Gasteiger partial charge in [-0.25, -0.2) is 0 Å². The van der Waals surface area contributed by atoms with Gasteiger partial charge in [-0.15, -0.1) is 0 Å². The van der Waals surface area contributed by atoms with Crippen LogP contribution in [0.1, 0.15) is 36.2 Å². The van der Waals surface area contributed by atoms with E-state index in [0.29, 0.717) is 11.6 Å². The topological polar surface area (TPSA) is 84.2 Å². The van der Waals surface area contributed by atoms with Crippen LogP contribution in [0.3, 0.4) is 0 Å². The van der Waals surface area contributed by atoms with E-state index in [9.17, 15) is 9.59 Å². The average molecular weight is 237 g/mol. The van der Waals surface area contributed by atoms with Gasteiger partial charge in [0.05, 0.1) is 23.7 Å². The zero-order valence-electron chi connectivity index (χ0n) is 9.59. The lowest BCUT2D eigenvalue weighted by Crippen LogP contribution is -2.31. The maximum atomic E-state index is 11.7. The summed E-state index contributed by atoms with van der Waals surface area (Å²) in [7, 11) is 0. The van der Waals surface area contributed by atoms with Crippen LogP contribution < -0.4 is 5.32 Å². The molecule has 0 spiro atoms. The number of hydrogen-bond acceptors (Lipinski definition) is 3. The summed E-state index contributed by atoms with van der Waals surface area (Å²) in [6, 6.07) is 0.439. The first kappa shape index (κ1) is 11.6. The normalized spacial score (nSPS) is 16.5. The molecule has 6 nitrogen and oxygen atoms in total. The molecule has 1 amide bonds. The van der Waals surface area contributed by atoms with Crippen molar-refractivity contribution in [3.8, 4) is 0 Å². The van der Waals surface area contributed by atoms with Crippen LogP contribution >= 0.6 is 0 Å². The van der Waals surface area contributed by atoms with Crippen molar-refractivity contribution in [3.05, 3.63) is 18.0 Å². The second kappa shape index (κ2) is 4.57. The Balaban J connectivity index is 1.88. The average Bonchev–Trinajstić information content (AvgIpc) is 3.03. The summed E-state index contributed by atoms with van der Waals surface area (Å²) in [6.45, 7) is 1.68. The first-order valence-electron chi connectivity index (χ1n) is 5.63. The molecule has 1 aromatic heterocycles. The fraction of sp³-hybridized carbons (Fsp3) is 0.545. The molecule has 0 aliphatic heterocycles. The highest BCUT2D eigenvalue weighted by molar-refractivity contribution is 5.93. The van der Waals surface area contributed by atoms with E-state index < -0.39 is 11.9 Å². The predicted molar refractivity (Wildman–Crippen MR) is 59.6 cm³/mol. The number of carboxylic acid groups (broad SMARTS) is 1. The molecule has 0 saturated heterocycles. The van der Waals surface area contributed by atoms with Gasteiger partial charge in [0.2, 0.25) is 0 Å². The van der Waals surface area contributed by atoms with Crippen LogP contribution in [0.25, 0.3) is 0 Å². The van der Waals surface area contributed by atoms with Crippen molar-refractivity contribution >= 4 is 11.9 Å². The van der Waals surface area contributed by atoms with E-state index in [1.54, 1.807) is 17.8 Å². The molecule has 1 aliphatic carbocycles. The highest BCUT2D eigenvalue weighted by atomic mass is 16.4. The Bertz CT molecular complexity index is 437. The first-order chi connectivity index (χ1) is 8.08. The van der Waals surface area contributed by atoms with Crippen molar-refractivity contribution in [1.29, 1.82) is 0 Å². The van der Waals surface area contributed by atoms with Crippen molar-refractivity contribution in [2.75, 3.05) is 6.54 Å². The summed E-state index contributed by atoms with van der Waals surface area (Å²) < 4.78 is 1.79. The van der Waals surface area contributed by atoms with Crippen LogP contribution in [-0.4, -0.2) is 33.3 Å². The SMILES string of the molecule is CC(CNC(=O)c1cnn(C2CC2)c1)C(=O)O. The number of aromatic nitrogens is 2. The quantitative estimate of drug-likeness (QED) is 0.788. The minimum atomic E-state index is -0.918. The van der Waals surface area contributed by atoms with Crippen LogP contribution in [0.2, 0.25) is 0 Å². The van der Waals surface area contributed by atoms with Crippen molar-refractivity contribution < 1.29 is 14.7 Å². The third kappa shape index (κ3) is 2.83. The van der Waals surface area contributed by atoms with Crippen LogP contribution in [0.15, 0.2) is 12.4 Å². The third-order valence-corrected chi connectivity index (χ3v) is 2.78. The first-order valence-corrected chi connectivity index (χ1v) is 5.63. The Morgan fingerprint density at radius 1 is 1.65 bits per heavy atom. The molecule has 92 valence electrons. The maximum absolute atomic E-state index is 11.7. The smallest absolute Gasteiger partial charge is 0.308 e. The standard InChI is InChI=1S/C11H15N3O3/c1-7(11(16)17)4-12-10(15)8-5-13-14(6-8)9-2-3-9/h5-7,9H,2-4H2,1H3,(H,12,15)(H,16,17). The van der Waals surface area contributed by atoms with Crippen molar-refractivity contribution in [2.24, 2.45) is 5.92 Å². The van der Waals surface area contributed by atoms with Gasteiger partial charge in [-0.2, -0.15) is 5.10 Å². The number of carboxylic acids is 1. The molecule has 0 radical (unpaired) electrons. The van der Waals surface area contributed by atoms with Gasteiger partial charge in [0.1, 0.15) is 0 Å². The largest absolute Gasteiger partial charge is 0.481 e. The van der Waals surface area contributed by atoms with Gasteiger partial charge < -0.3 is 10.4 Å². The van der Waals surface area contributed by atoms with E-state index in [2.05, 4.69) is 10.4 Å². The van der Waals surface area contributed by atoms with E-state index in [1.807, 2.05) is 0 Å². The molecular weight excluding hydrogens is 222 g/mol. The molecule has 6 heteroatoms. The van der Waals surface area contributed by atoms with Gasteiger partial charge in [0, 0.05) is 12.7 Å². The molecule has 0 bridgehead atoms. The lowest BCUT2D eigenvalue weighted by atomic mass is 10.2. The van der Waals surface area contributed by atoms with E-state index in [-0.39, 0.29) is 12.5 Å². The second-order valence-corrected chi connectivity index (χ2v) is 4.39. The Hall–Kier alpha value is -1.85. The number of nitrogens with zero attached hydrogens (tertiary/aromatic N) is 2. The summed E-state index contributed by atoms with van der Waals surface area (Å²) in [6.07, 6.45) is 5.44. The van der Waals surface area contributed by atoms with Crippen LogP contribution in [-0.2, 0) is 4.79 Å². The van der Waals surface area contributed by atoms with E-state index >= 15 is 0 Å². The zero-order valence-corrected chi connectivity index (χ0v) is 9.59. The van der Waals surface area contributed by atoms with Crippen LogP contribution in [0.5, 0.6) is 0 Å². The number of carbonyl (C=O) groups excluding carboxylic acids is 1. The second-order valence-electron chi connectivity index (χ2n) is 4.39. The third-order valence-electron chi connectivity index (χ3n) is 2.78. The number of nitrogens with one attached hydrogen (secondary N) is 1. The number of rotatable bonds is 5. The lowest BCUT2D eigenvalue weighted by molar-refractivity contribution is -0.140. The summed E-state index contributed by atoms with van der Waals surface area (Å²) in [5.74, 6) is -1.78. The summed E-state index contributed by atoms with van der Waals surface area (Å²) in [5.41, 5.74) is 0.481. The molecular formula is C11H15N3O3. The lowest BCUT2D eigenvalue weighted by Gasteiger charge is -2.06.